The van der Waals surface area contributed by atoms with Crippen LogP contribution in [0.4, 0.5) is 5.69 Å². The summed E-state index contributed by atoms with van der Waals surface area (Å²) in [5.74, 6) is -1.19. The van der Waals surface area contributed by atoms with Crippen molar-refractivity contribution in [2.24, 2.45) is 0 Å². The first-order valence-electron chi connectivity index (χ1n) is 8.50. The van der Waals surface area contributed by atoms with Crippen molar-refractivity contribution in [3.63, 3.8) is 0 Å². The average molecular weight is 392 g/mol. The summed E-state index contributed by atoms with van der Waals surface area (Å²) in [5, 5.41) is 12.3. The summed E-state index contributed by atoms with van der Waals surface area (Å²) >= 11 is 0. The third kappa shape index (κ3) is 6.06. The maximum absolute atomic E-state index is 12.7. The smallest absolute Gasteiger partial charge is 0.335 e. The summed E-state index contributed by atoms with van der Waals surface area (Å²) in [5.41, 5.74) is 1.37. The van der Waals surface area contributed by atoms with E-state index in [-0.39, 0.29) is 17.1 Å². The molecular formula is C19H24N2O5S. The summed E-state index contributed by atoms with van der Waals surface area (Å²) < 4.78 is 33.0. The molecule has 0 saturated heterocycles. The van der Waals surface area contributed by atoms with Gasteiger partial charge in [0.15, 0.2) is 0 Å². The molecule has 146 valence electrons. The van der Waals surface area contributed by atoms with Crippen LogP contribution in [0.5, 0.6) is 0 Å². The van der Waals surface area contributed by atoms with Crippen LogP contribution in [0.25, 0.3) is 0 Å². The second-order valence-corrected chi connectivity index (χ2v) is 7.84. The molecule has 0 aliphatic heterocycles. The van der Waals surface area contributed by atoms with Gasteiger partial charge in [-0.15, -0.1) is 0 Å². The first kappa shape index (κ1) is 20.9. The van der Waals surface area contributed by atoms with E-state index in [1.165, 1.54) is 19.2 Å². The van der Waals surface area contributed by atoms with E-state index >= 15 is 0 Å². The molecule has 8 heteroatoms. The SMILES string of the molecule is COCC(C)NS(=O)(=O)c1cc(C(=O)O)ccc1NCCc1ccccc1. The van der Waals surface area contributed by atoms with Crippen molar-refractivity contribution >= 4 is 21.7 Å². The number of hydrogen-bond donors (Lipinski definition) is 3. The highest BCUT2D eigenvalue weighted by atomic mass is 32.2. The number of nitrogens with one attached hydrogen (secondary N) is 2. The van der Waals surface area contributed by atoms with Gasteiger partial charge < -0.3 is 15.2 Å². The number of methoxy groups -OCH3 is 1. The van der Waals surface area contributed by atoms with Gasteiger partial charge in [-0.05, 0) is 37.1 Å². The van der Waals surface area contributed by atoms with Gasteiger partial charge in [-0.1, -0.05) is 30.3 Å². The molecule has 1 atom stereocenters. The van der Waals surface area contributed by atoms with Crippen molar-refractivity contribution in [1.29, 1.82) is 0 Å². The van der Waals surface area contributed by atoms with Crippen molar-refractivity contribution in [1.82, 2.24) is 4.72 Å². The molecule has 0 aliphatic rings. The molecule has 0 saturated carbocycles. The second kappa shape index (κ2) is 9.50. The summed E-state index contributed by atoms with van der Waals surface area (Å²) in [6.45, 7) is 2.38. The van der Waals surface area contributed by atoms with Gasteiger partial charge in [0.2, 0.25) is 10.0 Å². The number of sulfonamides is 1. The Hall–Kier alpha value is -2.42. The largest absolute Gasteiger partial charge is 0.478 e. The molecule has 0 aliphatic carbocycles. The van der Waals surface area contributed by atoms with Gasteiger partial charge in [-0.3, -0.25) is 0 Å². The van der Waals surface area contributed by atoms with Gasteiger partial charge in [0.05, 0.1) is 17.9 Å². The third-order valence-corrected chi connectivity index (χ3v) is 5.49. The van der Waals surface area contributed by atoms with E-state index in [1.54, 1.807) is 6.92 Å². The number of benzene rings is 2. The van der Waals surface area contributed by atoms with E-state index in [0.29, 0.717) is 18.7 Å². The molecular weight excluding hydrogens is 368 g/mol. The number of rotatable bonds is 10. The highest BCUT2D eigenvalue weighted by molar-refractivity contribution is 7.89. The second-order valence-electron chi connectivity index (χ2n) is 6.16. The fourth-order valence-corrected chi connectivity index (χ4v) is 4.06. The summed E-state index contributed by atoms with van der Waals surface area (Å²) in [6.07, 6.45) is 0.703. The molecule has 1 unspecified atom stereocenters. The van der Waals surface area contributed by atoms with Crippen LogP contribution in [0.3, 0.4) is 0 Å². The van der Waals surface area contributed by atoms with Gasteiger partial charge in [0, 0.05) is 19.7 Å². The molecule has 0 heterocycles. The lowest BCUT2D eigenvalue weighted by Crippen LogP contribution is -2.36. The molecule has 2 aromatic rings. The molecule has 3 N–H and O–H groups in total. The normalized spacial score (nSPS) is 12.5. The number of carboxylic acid groups (broad SMARTS) is 1. The van der Waals surface area contributed by atoms with Gasteiger partial charge in [-0.25, -0.2) is 17.9 Å². The molecule has 0 amide bonds. The number of aromatic carboxylic acids is 1. The molecule has 7 nitrogen and oxygen atoms in total. The molecule has 27 heavy (non-hydrogen) atoms. The zero-order valence-corrected chi connectivity index (χ0v) is 16.1. The van der Waals surface area contributed by atoms with Crippen molar-refractivity contribution in [3.8, 4) is 0 Å². The molecule has 0 aromatic heterocycles. The summed E-state index contributed by atoms with van der Waals surface area (Å²) in [4.78, 5) is 11.2. The van der Waals surface area contributed by atoms with E-state index in [0.717, 1.165) is 11.6 Å². The van der Waals surface area contributed by atoms with Crippen LogP contribution in [0.15, 0.2) is 53.4 Å². The Morgan fingerprint density at radius 2 is 1.89 bits per heavy atom. The minimum Gasteiger partial charge on any atom is -0.478 e. The average Bonchev–Trinajstić information content (AvgIpc) is 2.62. The predicted octanol–water partition coefficient (Wildman–Crippen LogP) is 2.35. The van der Waals surface area contributed by atoms with Crippen molar-refractivity contribution in [3.05, 3.63) is 59.7 Å². The van der Waals surface area contributed by atoms with Gasteiger partial charge in [-0.2, -0.15) is 0 Å². The van der Waals surface area contributed by atoms with Crippen LogP contribution in [-0.2, 0) is 21.2 Å². The summed E-state index contributed by atoms with van der Waals surface area (Å²) in [7, 11) is -2.44. The Balaban J connectivity index is 2.24. The maximum atomic E-state index is 12.7. The van der Waals surface area contributed by atoms with Crippen LogP contribution >= 0.6 is 0 Å². The van der Waals surface area contributed by atoms with E-state index < -0.39 is 22.0 Å². The lowest BCUT2D eigenvalue weighted by molar-refractivity contribution is 0.0696. The minimum absolute atomic E-state index is 0.0941. The lowest BCUT2D eigenvalue weighted by Gasteiger charge is -2.17. The Bertz CT molecular complexity index is 869. The van der Waals surface area contributed by atoms with Crippen molar-refractivity contribution < 1.29 is 23.1 Å². The van der Waals surface area contributed by atoms with Crippen LogP contribution in [0.2, 0.25) is 0 Å². The van der Waals surface area contributed by atoms with E-state index in [1.807, 2.05) is 30.3 Å². The van der Waals surface area contributed by atoms with Gasteiger partial charge in [0.25, 0.3) is 0 Å². The molecule has 0 spiro atoms. The predicted molar refractivity (Wildman–Crippen MR) is 104 cm³/mol. The van der Waals surface area contributed by atoms with Crippen LogP contribution in [0.1, 0.15) is 22.8 Å². The standard InChI is InChI=1S/C19H24N2O5S/c1-14(13-26-2)21-27(24,25)18-12-16(19(22)23)8-9-17(18)20-11-10-15-6-4-3-5-7-15/h3-9,12,14,20-21H,10-11,13H2,1-2H3,(H,22,23). The maximum Gasteiger partial charge on any atom is 0.335 e. The van der Waals surface area contributed by atoms with Crippen molar-refractivity contribution in [2.75, 3.05) is 25.6 Å². The fraction of sp³-hybridized carbons (Fsp3) is 0.316. The van der Waals surface area contributed by atoms with E-state index in [2.05, 4.69) is 10.0 Å². The van der Waals surface area contributed by atoms with Gasteiger partial charge in [0.1, 0.15) is 4.90 Å². The Kier molecular flexibility index (Phi) is 7.35. The topological polar surface area (TPSA) is 105 Å². The number of anilines is 1. The number of carbonyl (C=O) groups is 1. The molecule has 2 aromatic carbocycles. The van der Waals surface area contributed by atoms with Crippen LogP contribution in [0, 0.1) is 0 Å². The lowest BCUT2D eigenvalue weighted by atomic mass is 10.1. The quantitative estimate of drug-likeness (QED) is 0.573. The molecule has 0 bridgehead atoms. The summed E-state index contributed by atoms with van der Waals surface area (Å²) in [6, 6.07) is 13.3. The van der Waals surface area contributed by atoms with E-state index in [9.17, 15) is 18.3 Å². The Morgan fingerprint density at radius 3 is 2.52 bits per heavy atom. The molecule has 0 fully saturated rings. The highest BCUT2D eigenvalue weighted by Crippen LogP contribution is 2.23. The number of carboxylic acids is 1. The molecule has 2 rings (SSSR count). The van der Waals surface area contributed by atoms with Crippen LogP contribution < -0.4 is 10.0 Å². The first-order chi connectivity index (χ1) is 12.8. The first-order valence-corrected chi connectivity index (χ1v) is 9.98. The van der Waals surface area contributed by atoms with Gasteiger partial charge >= 0.3 is 5.97 Å². The highest BCUT2D eigenvalue weighted by Gasteiger charge is 2.22. The Labute approximate surface area is 159 Å². The zero-order chi connectivity index (χ0) is 19.9. The zero-order valence-electron chi connectivity index (χ0n) is 15.3. The van der Waals surface area contributed by atoms with Crippen molar-refractivity contribution in [2.45, 2.75) is 24.3 Å². The third-order valence-electron chi connectivity index (χ3n) is 3.86. The monoisotopic (exact) mass is 392 g/mol. The Morgan fingerprint density at radius 1 is 1.19 bits per heavy atom. The number of hydrogen-bond acceptors (Lipinski definition) is 5. The minimum atomic E-state index is -3.92. The molecule has 0 radical (unpaired) electrons. The van der Waals surface area contributed by atoms with Crippen LogP contribution in [-0.4, -0.2) is 45.8 Å². The number of ether oxygens (including phenoxy) is 1. The fourth-order valence-electron chi connectivity index (χ4n) is 2.62. The van der Waals surface area contributed by atoms with E-state index in [4.69, 9.17) is 4.74 Å².